The second-order valence-electron chi connectivity index (χ2n) is 4.74. The lowest BCUT2D eigenvalue weighted by molar-refractivity contribution is 0.401. The van der Waals surface area contributed by atoms with Crippen LogP contribution in [-0.4, -0.2) is 11.5 Å². The molecule has 1 heterocycles. The van der Waals surface area contributed by atoms with Crippen LogP contribution in [-0.2, 0) is 12.8 Å². The van der Waals surface area contributed by atoms with E-state index in [0.717, 1.165) is 36.3 Å². The monoisotopic (exact) mass is 246 g/mol. The quantitative estimate of drug-likeness (QED) is 0.886. The average Bonchev–Trinajstić information content (AvgIpc) is 2.82. The van der Waals surface area contributed by atoms with Crippen molar-refractivity contribution in [3.8, 4) is 11.5 Å². The third kappa shape index (κ3) is 2.04. The summed E-state index contributed by atoms with van der Waals surface area (Å²) in [4.78, 5) is 4.49. The van der Waals surface area contributed by atoms with Gasteiger partial charge in [-0.15, -0.1) is 0 Å². The number of rotatable bonds is 2. The number of halogens is 1. The SMILES string of the molecule is NCC1CCc2nc(-c3ccc(F)cc3)oc2C1. The molecule has 1 aromatic carbocycles. The van der Waals surface area contributed by atoms with Gasteiger partial charge in [0.15, 0.2) is 0 Å². The molecule has 18 heavy (non-hydrogen) atoms. The summed E-state index contributed by atoms with van der Waals surface area (Å²) in [5.74, 6) is 1.76. The van der Waals surface area contributed by atoms with Crippen LogP contribution in [0.1, 0.15) is 17.9 Å². The molecule has 0 saturated heterocycles. The molecular formula is C14H15FN2O. The van der Waals surface area contributed by atoms with Crippen molar-refractivity contribution in [3.63, 3.8) is 0 Å². The van der Waals surface area contributed by atoms with Crippen molar-refractivity contribution >= 4 is 0 Å². The van der Waals surface area contributed by atoms with E-state index in [-0.39, 0.29) is 5.82 Å². The minimum Gasteiger partial charge on any atom is -0.441 e. The first-order chi connectivity index (χ1) is 8.76. The van der Waals surface area contributed by atoms with Gasteiger partial charge in [-0.1, -0.05) is 0 Å². The fourth-order valence-corrected chi connectivity index (χ4v) is 2.36. The first kappa shape index (κ1) is 11.4. The third-order valence-corrected chi connectivity index (χ3v) is 3.47. The van der Waals surface area contributed by atoms with Gasteiger partial charge < -0.3 is 10.2 Å². The molecule has 4 heteroatoms. The Morgan fingerprint density at radius 1 is 1.33 bits per heavy atom. The van der Waals surface area contributed by atoms with E-state index < -0.39 is 0 Å². The second kappa shape index (κ2) is 4.53. The molecule has 1 aliphatic carbocycles. The maximum absolute atomic E-state index is 12.9. The topological polar surface area (TPSA) is 52.0 Å². The summed E-state index contributed by atoms with van der Waals surface area (Å²) in [7, 11) is 0. The molecule has 1 atom stereocenters. The molecule has 0 amide bonds. The average molecular weight is 246 g/mol. The standard InChI is InChI=1S/C14H15FN2O/c15-11-4-2-10(3-5-11)14-17-12-6-1-9(8-16)7-13(12)18-14/h2-5,9H,1,6-8,16H2. The van der Waals surface area contributed by atoms with E-state index in [2.05, 4.69) is 4.98 Å². The smallest absolute Gasteiger partial charge is 0.226 e. The molecule has 94 valence electrons. The van der Waals surface area contributed by atoms with Gasteiger partial charge >= 0.3 is 0 Å². The number of fused-ring (bicyclic) bond motifs is 1. The van der Waals surface area contributed by atoms with Crippen molar-refractivity contribution < 1.29 is 8.81 Å². The maximum atomic E-state index is 12.9. The molecule has 0 spiro atoms. The van der Waals surface area contributed by atoms with Gasteiger partial charge in [-0.05, 0) is 49.6 Å². The highest BCUT2D eigenvalue weighted by molar-refractivity contribution is 5.53. The van der Waals surface area contributed by atoms with Gasteiger partial charge in [0.25, 0.3) is 0 Å². The lowest BCUT2D eigenvalue weighted by atomic mass is 9.91. The van der Waals surface area contributed by atoms with Crippen LogP contribution in [0.2, 0.25) is 0 Å². The predicted octanol–water partition coefficient (Wildman–Crippen LogP) is 2.54. The number of oxazole rings is 1. The zero-order valence-electron chi connectivity index (χ0n) is 10.0. The number of nitrogens with zero attached hydrogens (tertiary/aromatic N) is 1. The van der Waals surface area contributed by atoms with Gasteiger partial charge in [0.2, 0.25) is 5.89 Å². The maximum Gasteiger partial charge on any atom is 0.226 e. The normalized spacial score (nSPS) is 18.7. The Bertz CT molecular complexity index is 547. The van der Waals surface area contributed by atoms with Crippen LogP contribution in [0, 0.1) is 11.7 Å². The Labute approximate surface area is 105 Å². The van der Waals surface area contributed by atoms with Crippen molar-refractivity contribution in [1.29, 1.82) is 0 Å². The van der Waals surface area contributed by atoms with E-state index in [1.807, 2.05) is 0 Å². The van der Waals surface area contributed by atoms with Crippen molar-refractivity contribution in [2.45, 2.75) is 19.3 Å². The summed E-state index contributed by atoms with van der Waals surface area (Å²) in [6.07, 6.45) is 2.85. The number of hydrogen-bond donors (Lipinski definition) is 1. The van der Waals surface area contributed by atoms with Crippen LogP contribution in [0.15, 0.2) is 28.7 Å². The van der Waals surface area contributed by atoms with Crippen LogP contribution < -0.4 is 5.73 Å². The molecule has 0 fully saturated rings. The van der Waals surface area contributed by atoms with E-state index in [1.54, 1.807) is 12.1 Å². The molecule has 0 bridgehead atoms. The number of hydrogen-bond acceptors (Lipinski definition) is 3. The lowest BCUT2D eigenvalue weighted by Gasteiger charge is -2.17. The van der Waals surface area contributed by atoms with Crippen LogP contribution >= 0.6 is 0 Å². The Morgan fingerprint density at radius 3 is 2.83 bits per heavy atom. The van der Waals surface area contributed by atoms with Gasteiger partial charge in [0.1, 0.15) is 11.6 Å². The molecule has 0 radical (unpaired) electrons. The van der Waals surface area contributed by atoms with Crippen LogP contribution in [0.5, 0.6) is 0 Å². The molecule has 3 nitrogen and oxygen atoms in total. The van der Waals surface area contributed by atoms with Gasteiger partial charge in [-0.2, -0.15) is 0 Å². The fraction of sp³-hybridized carbons (Fsp3) is 0.357. The highest BCUT2D eigenvalue weighted by Gasteiger charge is 2.23. The molecule has 1 aliphatic rings. The molecule has 2 aromatic rings. The zero-order chi connectivity index (χ0) is 12.5. The molecule has 0 saturated carbocycles. The highest BCUT2D eigenvalue weighted by Crippen LogP contribution is 2.29. The summed E-state index contributed by atoms with van der Waals surface area (Å²) >= 11 is 0. The summed E-state index contributed by atoms with van der Waals surface area (Å²) in [5.41, 5.74) is 7.53. The van der Waals surface area contributed by atoms with E-state index in [1.165, 1.54) is 12.1 Å². The van der Waals surface area contributed by atoms with Gasteiger partial charge in [0, 0.05) is 12.0 Å². The Balaban J connectivity index is 1.91. The number of benzene rings is 1. The van der Waals surface area contributed by atoms with Gasteiger partial charge in [-0.3, -0.25) is 0 Å². The number of nitrogens with two attached hydrogens (primary N) is 1. The fourth-order valence-electron chi connectivity index (χ4n) is 2.36. The van der Waals surface area contributed by atoms with Gasteiger partial charge in [0.05, 0.1) is 5.69 Å². The predicted molar refractivity (Wildman–Crippen MR) is 66.5 cm³/mol. The molecule has 0 aliphatic heterocycles. The molecule has 1 unspecified atom stereocenters. The minimum atomic E-state index is -0.252. The van der Waals surface area contributed by atoms with Crippen LogP contribution in [0.4, 0.5) is 4.39 Å². The van der Waals surface area contributed by atoms with Crippen molar-refractivity contribution in [3.05, 3.63) is 41.5 Å². The molecule has 3 rings (SSSR count). The minimum absolute atomic E-state index is 0.252. The lowest BCUT2D eigenvalue weighted by Crippen LogP contribution is -2.21. The second-order valence-corrected chi connectivity index (χ2v) is 4.74. The van der Waals surface area contributed by atoms with Crippen LogP contribution in [0.3, 0.4) is 0 Å². The van der Waals surface area contributed by atoms with Crippen molar-refractivity contribution in [2.24, 2.45) is 11.7 Å². The van der Waals surface area contributed by atoms with E-state index >= 15 is 0 Å². The molecular weight excluding hydrogens is 231 g/mol. The van der Waals surface area contributed by atoms with Crippen LogP contribution in [0.25, 0.3) is 11.5 Å². The molecule has 1 aromatic heterocycles. The van der Waals surface area contributed by atoms with Crippen molar-refractivity contribution in [1.82, 2.24) is 4.98 Å². The molecule has 2 N–H and O–H groups in total. The summed E-state index contributed by atoms with van der Waals surface area (Å²) in [6.45, 7) is 0.687. The van der Waals surface area contributed by atoms with E-state index in [4.69, 9.17) is 10.2 Å². The summed E-state index contributed by atoms with van der Waals surface area (Å²) in [6, 6.07) is 6.21. The van der Waals surface area contributed by atoms with Gasteiger partial charge in [-0.25, -0.2) is 9.37 Å². The highest BCUT2D eigenvalue weighted by atomic mass is 19.1. The first-order valence-corrected chi connectivity index (χ1v) is 6.21. The largest absolute Gasteiger partial charge is 0.441 e. The third-order valence-electron chi connectivity index (χ3n) is 3.47. The Hall–Kier alpha value is -1.68. The number of aryl methyl sites for hydroxylation is 1. The number of aromatic nitrogens is 1. The first-order valence-electron chi connectivity index (χ1n) is 6.21. The van der Waals surface area contributed by atoms with E-state index in [9.17, 15) is 4.39 Å². The summed E-state index contributed by atoms with van der Waals surface area (Å²) in [5, 5.41) is 0. The van der Waals surface area contributed by atoms with E-state index in [0.29, 0.717) is 18.4 Å². The Kier molecular flexibility index (Phi) is 2.88. The summed E-state index contributed by atoms with van der Waals surface area (Å²) < 4.78 is 18.6. The van der Waals surface area contributed by atoms with Crippen molar-refractivity contribution in [2.75, 3.05) is 6.54 Å². The zero-order valence-corrected chi connectivity index (χ0v) is 10.0. The Morgan fingerprint density at radius 2 is 2.11 bits per heavy atom.